The molecule has 4 nitrogen and oxygen atoms in total. The van der Waals surface area contributed by atoms with Crippen molar-refractivity contribution in [1.82, 2.24) is 9.97 Å². The van der Waals surface area contributed by atoms with E-state index in [2.05, 4.69) is 9.97 Å². The maximum Gasteiger partial charge on any atom is 0.145 e. The molecule has 84 valence electrons. The van der Waals surface area contributed by atoms with E-state index in [-0.39, 0.29) is 0 Å². The first-order valence-corrected chi connectivity index (χ1v) is 5.11. The van der Waals surface area contributed by atoms with Gasteiger partial charge < -0.3 is 4.74 Å². The Hall–Kier alpha value is -2.41. The molecule has 2 heterocycles. The van der Waals surface area contributed by atoms with Gasteiger partial charge in [0.2, 0.25) is 0 Å². The zero-order valence-corrected chi connectivity index (χ0v) is 9.64. The maximum absolute atomic E-state index is 8.87. The van der Waals surface area contributed by atoms with Gasteiger partial charge in [0.1, 0.15) is 17.5 Å². The van der Waals surface area contributed by atoms with Crippen molar-refractivity contribution in [3.63, 3.8) is 0 Å². The molecular formula is C13H11N3O. The van der Waals surface area contributed by atoms with Crippen molar-refractivity contribution in [1.29, 1.82) is 5.26 Å². The van der Waals surface area contributed by atoms with Crippen molar-refractivity contribution in [2.24, 2.45) is 0 Å². The minimum atomic E-state index is 0.365. The first-order valence-electron chi connectivity index (χ1n) is 5.11. The van der Waals surface area contributed by atoms with Gasteiger partial charge in [-0.15, -0.1) is 0 Å². The molecule has 0 radical (unpaired) electrons. The molecule has 17 heavy (non-hydrogen) atoms. The first-order chi connectivity index (χ1) is 8.26. The van der Waals surface area contributed by atoms with E-state index in [1.165, 1.54) is 0 Å². The molecule has 4 heteroatoms. The van der Waals surface area contributed by atoms with Crippen LogP contribution in [0.3, 0.4) is 0 Å². The van der Waals surface area contributed by atoms with Crippen molar-refractivity contribution in [3.05, 3.63) is 42.0 Å². The summed E-state index contributed by atoms with van der Waals surface area (Å²) < 4.78 is 5.25. The number of aromatic nitrogens is 2. The molecule has 2 aromatic rings. The van der Waals surface area contributed by atoms with E-state index in [4.69, 9.17) is 10.00 Å². The topological polar surface area (TPSA) is 58.8 Å². The largest absolute Gasteiger partial charge is 0.494 e. The van der Waals surface area contributed by atoms with Gasteiger partial charge in [-0.2, -0.15) is 5.26 Å². The quantitative estimate of drug-likeness (QED) is 0.787. The highest BCUT2D eigenvalue weighted by atomic mass is 16.5. The molecule has 2 rings (SSSR count). The molecule has 0 spiro atoms. The van der Waals surface area contributed by atoms with Crippen molar-refractivity contribution < 1.29 is 4.74 Å². The van der Waals surface area contributed by atoms with Crippen LogP contribution in [0.1, 0.15) is 11.3 Å². The van der Waals surface area contributed by atoms with Crippen LogP contribution in [0.2, 0.25) is 0 Å². The Kier molecular flexibility index (Phi) is 3.01. The predicted molar refractivity (Wildman–Crippen MR) is 63.5 cm³/mol. The number of nitriles is 1. The van der Waals surface area contributed by atoms with Crippen LogP contribution in [0.25, 0.3) is 11.1 Å². The molecule has 0 fully saturated rings. The summed E-state index contributed by atoms with van der Waals surface area (Å²) in [5, 5.41) is 8.87. The van der Waals surface area contributed by atoms with E-state index >= 15 is 0 Å². The lowest BCUT2D eigenvalue weighted by atomic mass is 10.0. The average Bonchev–Trinajstić information content (AvgIpc) is 2.38. The first kappa shape index (κ1) is 11.1. The number of methoxy groups -OCH3 is 1. The van der Waals surface area contributed by atoms with Crippen LogP contribution < -0.4 is 4.74 Å². The highest BCUT2D eigenvalue weighted by Gasteiger charge is 2.10. The van der Waals surface area contributed by atoms with Gasteiger partial charge in [0.15, 0.2) is 0 Å². The Morgan fingerprint density at radius 3 is 2.76 bits per heavy atom. The summed E-state index contributed by atoms with van der Waals surface area (Å²) in [6.07, 6.45) is 5.05. The van der Waals surface area contributed by atoms with Crippen LogP contribution in [0, 0.1) is 18.3 Å². The molecule has 0 aromatic carbocycles. The Labute approximate surface area is 99.5 Å². The van der Waals surface area contributed by atoms with Gasteiger partial charge >= 0.3 is 0 Å². The molecule has 0 atom stereocenters. The van der Waals surface area contributed by atoms with Crippen molar-refractivity contribution in [2.75, 3.05) is 7.11 Å². The van der Waals surface area contributed by atoms with Crippen LogP contribution in [0.4, 0.5) is 0 Å². The van der Waals surface area contributed by atoms with Gasteiger partial charge in [0.25, 0.3) is 0 Å². The number of pyridine rings is 2. The zero-order valence-electron chi connectivity index (χ0n) is 9.64. The molecule has 0 bridgehead atoms. The SMILES string of the molecule is COc1cnc(C#N)cc1-c1cnccc1C. The molecule has 0 aliphatic carbocycles. The second-order valence-electron chi connectivity index (χ2n) is 3.57. The number of aryl methyl sites for hydroxylation is 1. The van der Waals surface area contributed by atoms with E-state index in [0.717, 1.165) is 16.7 Å². The Bertz CT molecular complexity index is 587. The molecule has 0 aliphatic heterocycles. The number of hydrogen-bond donors (Lipinski definition) is 0. The van der Waals surface area contributed by atoms with E-state index in [9.17, 15) is 0 Å². The monoisotopic (exact) mass is 225 g/mol. The summed E-state index contributed by atoms with van der Waals surface area (Å²) in [6.45, 7) is 1.99. The number of hydrogen-bond acceptors (Lipinski definition) is 4. The summed E-state index contributed by atoms with van der Waals surface area (Å²) in [7, 11) is 1.58. The van der Waals surface area contributed by atoms with Gasteiger partial charge in [-0.25, -0.2) is 4.98 Å². The van der Waals surface area contributed by atoms with Crippen LogP contribution in [-0.2, 0) is 0 Å². The van der Waals surface area contributed by atoms with E-state index in [1.807, 2.05) is 19.1 Å². The summed E-state index contributed by atoms with van der Waals surface area (Å²) in [5.41, 5.74) is 3.23. The van der Waals surface area contributed by atoms with Crippen LogP contribution in [0.5, 0.6) is 5.75 Å². The highest BCUT2D eigenvalue weighted by Crippen LogP contribution is 2.31. The van der Waals surface area contributed by atoms with Gasteiger partial charge in [-0.1, -0.05) is 0 Å². The standard InChI is InChI=1S/C13H11N3O/c1-9-3-4-15-7-12(9)11-5-10(6-14)16-8-13(11)17-2/h3-5,7-8H,1-2H3. The van der Waals surface area contributed by atoms with Crippen LogP contribution >= 0.6 is 0 Å². The lowest BCUT2D eigenvalue weighted by Crippen LogP contribution is -1.94. The highest BCUT2D eigenvalue weighted by molar-refractivity contribution is 5.72. The smallest absolute Gasteiger partial charge is 0.145 e. The minimum absolute atomic E-state index is 0.365. The fourth-order valence-corrected chi connectivity index (χ4v) is 1.62. The molecule has 0 N–H and O–H groups in total. The predicted octanol–water partition coefficient (Wildman–Crippen LogP) is 2.33. The fraction of sp³-hybridized carbons (Fsp3) is 0.154. The molecule has 0 unspecified atom stereocenters. The minimum Gasteiger partial charge on any atom is -0.494 e. The van der Waals surface area contributed by atoms with E-state index in [1.54, 1.807) is 31.8 Å². The second-order valence-corrected chi connectivity index (χ2v) is 3.57. The third-order valence-corrected chi connectivity index (χ3v) is 2.53. The Morgan fingerprint density at radius 2 is 2.12 bits per heavy atom. The lowest BCUT2D eigenvalue weighted by molar-refractivity contribution is 0.414. The summed E-state index contributed by atoms with van der Waals surface area (Å²) in [6, 6.07) is 5.65. The molecule has 2 aromatic heterocycles. The van der Waals surface area contributed by atoms with Crippen LogP contribution in [-0.4, -0.2) is 17.1 Å². The molecule has 0 amide bonds. The van der Waals surface area contributed by atoms with Crippen molar-refractivity contribution >= 4 is 0 Å². The molecule has 0 saturated heterocycles. The van der Waals surface area contributed by atoms with Gasteiger partial charge in [0.05, 0.1) is 13.3 Å². The average molecular weight is 225 g/mol. The van der Waals surface area contributed by atoms with E-state index in [0.29, 0.717) is 11.4 Å². The third kappa shape index (κ3) is 2.08. The molecular weight excluding hydrogens is 214 g/mol. The van der Waals surface area contributed by atoms with Crippen molar-refractivity contribution in [3.8, 4) is 22.9 Å². The third-order valence-electron chi connectivity index (χ3n) is 2.53. The molecule has 0 aliphatic rings. The van der Waals surface area contributed by atoms with Gasteiger partial charge in [-0.3, -0.25) is 4.98 Å². The summed E-state index contributed by atoms with van der Waals surface area (Å²) >= 11 is 0. The maximum atomic E-state index is 8.87. The van der Waals surface area contributed by atoms with E-state index < -0.39 is 0 Å². The van der Waals surface area contributed by atoms with Gasteiger partial charge in [-0.05, 0) is 24.6 Å². The Morgan fingerprint density at radius 1 is 1.29 bits per heavy atom. The number of ether oxygens (including phenoxy) is 1. The number of rotatable bonds is 2. The van der Waals surface area contributed by atoms with Crippen LogP contribution in [0.15, 0.2) is 30.7 Å². The van der Waals surface area contributed by atoms with Gasteiger partial charge in [0, 0.05) is 23.5 Å². The fourth-order valence-electron chi connectivity index (χ4n) is 1.62. The molecule has 0 saturated carbocycles. The lowest BCUT2D eigenvalue weighted by Gasteiger charge is -2.10. The van der Waals surface area contributed by atoms with Crippen molar-refractivity contribution in [2.45, 2.75) is 6.92 Å². The normalized spacial score (nSPS) is 9.71. The summed E-state index contributed by atoms with van der Waals surface area (Å²) in [4.78, 5) is 8.07. The number of nitrogens with zero attached hydrogens (tertiary/aromatic N) is 3. The second kappa shape index (κ2) is 4.62. The zero-order chi connectivity index (χ0) is 12.3. The Balaban J connectivity index is 2.65. The summed E-state index contributed by atoms with van der Waals surface area (Å²) in [5.74, 6) is 0.639.